The molecule has 7 nitrogen and oxygen atoms in total. The second kappa shape index (κ2) is 8.52. The number of ether oxygens (including phenoxy) is 2. The lowest BCUT2D eigenvalue weighted by Crippen LogP contribution is -2.42. The first-order valence-electron chi connectivity index (χ1n) is 8.79. The van der Waals surface area contributed by atoms with Gasteiger partial charge in [0.2, 0.25) is 0 Å². The molecule has 0 aromatic heterocycles. The van der Waals surface area contributed by atoms with Crippen molar-refractivity contribution in [2.45, 2.75) is 37.6 Å². The Morgan fingerprint density at radius 1 is 1.00 bits per heavy atom. The van der Waals surface area contributed by atoms with E-state index in [0.717, 1.165) is 6.42 Å². The van der Waals surface area contributed by atoms with Crippen LogP contribution in [0.3, 0.4) is 0 Å². The van der Waals surface area contributed by atoms with Crippen molar-refractivity contribution in [3.05, 3.63) is 48.0 Å². The van der Waals surface area contributed by atoms with Crippen molar-refractivity contribution in [1.82, 2.24) is 5.32 Å². The van der Waals surface area contributed by atoms with Crippen LogP contribution in [-0.2, 0) is 10.0 Å². The molecule has 0 unspecified atom stereocenters. The molecular weight excluding hydrogens is 380 g/mol. The zero-order valence-electron chi connectivity index (χ0n) is 16.7. The number of sulfonamides is 1. The molecule has 0 aliphatic carbocycles. The quantitative estimate of drug-likeness (QED) is 0.701. The molecule has 0 bridgehead atoms. The predicted octanol–water partition coefficient (Wildman–Crippen LogP) is 3.42. The summed E-state index contributed by atoms with van der Waals surface area (Å²) in [5, 5.41) is 2.94. The van der Waals surface area contributed by atoms with Crippen molar-refractivity contribution >= 4 is 21.6 Å². The Labute approximate surface area is 166 Å². The largest absolute Gasteiger partial charge is 0.493 e. The van der Waals surface area contributed by atoms with Gasteiger partial charge in [0.25, 0.3) is 15.9 Å². The van der Waals surface area contributed by atoms with Crippen LogP contribution in [0, 0.1) is 0 Å². The van der Waals surface area contributed by atoms with E-state index in [1.54, 1.807) is 24.3 Å². The van der Waals surface area contributed by atoms with Gasteiger partial charge in [-0.05, 0) is 56.7 Å². The van der Waals surface area contributed by atoms with Crippen LogP contribution in [0.4, 0.5) is 5.69 Å². The number of carbonyl (C=O) groups is 1. The summed E-state index contributed by atoms with van der Waals surface area (Å²) in [4.78, 5) is 12.3. The molecule has 8 heteroatoms. The predicted molar refractivity (Wildman–Crippen MR) is 109 cm³/mol. The Morgan fingerprint density at radius 3 is 2.14 bits per heavy atom. The smallest absolute Gasteiger partial charge is 0.262 e. The normalized spacial score (nSPS) is 11.6. The molecule has 0 saturated carbocycles. The Bertz CT molecular complexity index is 938. The van der Waals surface area contributed by atoms with Crippen molar-refractivity contribution in [2.24, 2.45) is 0 Å². The Kier molecular flexibility index (Phi) is 6.56. The van der Waals surface area contributed by atoms with E-state index in [9.17, 15) is 13.2 Å². The van der Waals surface area contributed by atoms with Gasteiger partial charge >= 0.3 is 0 Å². The summed E-state index contributed by atoms with van der Waals surface area (Å²) in [6.07, 6.45) is 0.794. The first-order chi connectivity index (χ1) is 13.1. The average Bonchev–Trinajstić information content (AvgIpc) is 2.67. The molecule has 2 aromatic rings. The Morgan fingerprint density at radius 2 is 1.61 bits per heavy atom. The molecule has 2 rings (SSSR count). The second-order valence-corrected chi connectivity index (χ2v) is 8.57. The van der Waals surface area contributed by atoms with Crippen molar-refractivity contribution in [3.63, 3.8) is 0 Å². The highest BCUT2D eigenvalue weighted by molar-refractivity contribution is 7.92. The van der Waals surface area contributed by atoms with Crippen LogP contribution in [-0.4, -0.2) is 34.1 Å². The van der Waals surface area contributed by atoms with Crippen molar-refractivity contribution in [3.8, 4) is 11.5 Å². The number of hydrogen-bond donors (Lipinski definition) is 2. The topological polar surface area (TPSA) is 93.7 Å². The molecule has 0 spiro atoms. The van der Waals surface area contributed by atoms with E-state index in [0.29, 0.717) is 22.7 Å². The van der Waals surface area contributed by atoms with Crippen LogP contribution in [0.25, 0.3) is 0 Å². The summed E-state index contributed by atoms with van der Waals surface area (Å²) in [5.41, 5.74) is 0.488. The monoisotopic (exact) mass is 406 g/mol. The first-order valence-corrected chi connectivity index (χ1v) is 10.3. The van der Waals surface area contributed by atoms with Gasteiger partial charge in [0.1, 0.15) is 0 Å². The van der Waals surface area contributed by atoms with Crippen molar-refractivity contribution in [2.75, 3.05) is 18.9 Å². The minimum atomic E-state index is -3.82. The Hall–Kier alpha value is -2.74. The number of amides is 1. The number of methoxy groups -OCH3 is 2. The fourth-order valence-corrected chi connectivity index (χ4v) is 3.43. The number of rotatable bonds is 8. The first kappa shape index (κ1) is 21.6. The van der Waals surface area contributed by atoms with Gasteiger partial charge in [-0.1, -0.05) is 6.92 Å². The van der Waals surface area contributed by atoms with Crippen LogP contribution in [0.15, 0.2) is 47.4 Å². The summed E-state index contributed by atoms with van der Waals surface area (Å²) >= 11 is 0. The maximum Gasteiger partial charge on any atom is 0.262 e. The van der Waals surface area contributed by atoms with Gasteiger partial charge in [0.05, 0.1) is 19.1 Å². The molecule has 0 heterocycles. The Balaban J connectivity index is 2.18. The third-order valence-electron chi connectivity index (χ3n) is 4.40. The summed E-state index contributed by atoms with van der Waals surface area (Å²) in [5.74, 6) is 0.545. The summed E-state index contributed by atoms with van der Waals surface area (Å²) in [7, 11) is -0.911. The van der Waals surface area contributed by atoms with Crippen molar-refractivity contribution < 1.29 is 22.7 Å². The molecule has 0 saturated heterocycles. The van der Waals surface area contributed by atoms with Gasteiger partial charge in [0, 0.05) is 22.9 Å². The van der Waals surface area contributed by atoms with Gasteiger partial charge in [0.15, 0.2) is 11.5 Å². The molecule has 2 aromatic carbocycles. The van der Waals surface area contributed by atoms with Gasteiger partial charge in [-0.2, -0.15) is 0 Å². The number of benzene rings is 2. The zero-order chi connectivity index (χ0) is 20.9. The average molecular weight is 407 g/mol. The molecule has 0 radical (unpaired) electrons. The molecule has 1 amide bonds. The van der Waals surface area contributed by atoms with E-state index in [1.807, 2.05) is 20.8 Å². The van der Waals surface area contributed by atoms with Crippen LogP contribution in [0.1, 0.15) is 37.6 Å². The molecule has 28 heavy (non-hydrogen) atoms. The fraction of sp³-hybridized carbons (Fsp3) is 0.350. The lowest BCUT2D eigenvalue weighted by molar-refractivity contribution is 0.0911. The van der Waals surface area contributed by atoms with Crippen LogP contribution < -0.4 is 19.5 Å². The van der Waals surface area contributed by atoms with E-state index < -0.39 is 10.0 Å². The SMILES string of the molecule is CCC(C)(C)NC(=O)c1ccc(NS(=O)(=O)c2ccc(OC)c(OC)c2)cc1. The van der Waals surface area contributed by atoms with E-state index in [1.165, 1.54) is 32.4 Å². The molecule has 0 fully saturated rings. The second-order valence-electron chi connectivity index (χ2n) is 6.89. The third kappa shape index (κ3) is 5.16. The molecule has 0 atom stereocenters. The highest BCUT2D eigenvalue weighted by atomic mass is 32.2. The van der Waals surface area contributed by atoms with Crippen molar-refractivity contribution in [1.29, 1.82) is 0 Å². The third-order valence-corrected chi connectivity index (χ3v) is 5.78. The zero-order valence-corrected chi connectivity index (χ0v) is 17.5. The van der Waals surface area contributed by atoms with Gasteiger partial charge in [-0.25, -0.2) is 8.42 Å². The van der Waals surface area contributed by atoms with Crippen LogP contribution >= 0.6 is 0 Å². The summed E-state index contributed by atoms with van der Waals surface area (Å²) in [6, 6.07) is 10.6. The molecule has 2 N–H and O–H groups in total. The van der Waals surface area contributed by atoms with Crippen LogP contribution in [0.2, 0.25) is 0 Å². The van der Waals surface area contributed by atoms with E-state index in [4.69, 9.17) is 9.47 Å². The lowest BCUT2D eigenvalue weighted by atomic mass is 10.0. The van der Waals surface area contributed by atoms with Crippen LogP contribution in [0.5, 0.6) is 11.5 Å². The van der Waals surface area contributed by atoms with Gasteiger partial charge < -0.3 is 14.8 Å². The standard InChI is InChI=1S/C20H26N2O5S/c1-6-20(2,3)21-19(23)14-7-9-15(10-8-14)22-28(24,25)16-11-12-17(26-4)18(13-16)27-5/h7-13,22H,6H2,1-5H3,(H,21,23). The summed E-state index contributed by atoms with van der Waals surface area (Å²) in [6.45, 7) is 5.87. The highest BCUT2D eigenvalue weighted by Gasteiger charge is 2.20. The van der Waals surface area contributed by atoms with Gasteiger partial charge in [-0.3, -0.25) is 9.52 Å². The fourth-order valence-electron chi connectivity index (χ4n) is 2.36. The summed E-state index contributed by atoms with van der Waals surface area (Å²) < 4.78 is 38.0. The maximum absolute atomic E-state index is 12.6. The number of anilines is 1. The lowest BCUT2D eigenvalue weighted by Gasteiger charge is -2.24. The molecule has 152 valence electrons. The minimum Gasteiger partial charge on any atom is -0.493 e. The molecule has 0 aliphatic rings. The highest BCUT2D eigenvalue weighted by Crippen LogP contribution is 2.30. The number of nitrogens with one attached hydrogen (secondary N) is 2. The molecule has 0 aliphatic heterocycles. The minimum absolute atomic E-state index is 0.0386. The van der Waals surface area contributed by atoms with E-state index >= 15 is 0 Å². The maximum atomic E-state index is 12.6. The van der Waals surface area contributed by atoms with E-state index in [2.05, 4.69) is 10.0 Å². The van der Waals surface area contributed by atoms with Gasteiger partial charge in [-0.15, -0.1) is 0 Å². The number of hydrogen-bond acceptors (Lipinski definition) is 5. The van der Waals surface area contributed by atoms with E-state index in [-0.39, 0.29) is 16.3 Å². The number of carbonyl (C=O) groups excluding carboxylic acids is 1. The molecular formula is C20H26N2O5S.